The average Bonchev–Trinajstić information content (AvgIpc) is 3.22. The van der Waals surface area contributed by atoms with Crippen LogP contribution in [0.2, 0.25) is 10.0 Å². The molecule has 0 saturated carbocycles. The fraction of sp³-hybridized carbons (Fsp3) is 0.314. The molecule has 2 fully saturated rings. The van der Waals surface area contributed by atoms with E-state index in [1.54, 1.807) is 54.6 Å². The van der Waals surface area contributed by atoms with Crippen molar-refractivity contribution in [3.8, 4) is 5.75 Å². The van der Waals surface area contributed by atoms with Gasteiger partial charge in [0.2, 0.25) is 11.8 Å². The lowest BCUT2D eigenvalue weighted by molar-refractivity contribution is -0.176. The van der Waals surface area contributed by atoms with Crippen molar-refractivity contribution >= 4 is 58.6 Å². The molecule has 2 unspecified atom stereocenters. The number of methoxy groups -OCH3 is 1. The monoisotopic (exact) mass is 708 g/mol. The third kappa shape index (κ3) is 8.38. The Kier molecular flexibility index (Phi) is 11.5. The quantitative estimate of drug-likeness (QED) is 0.280. The van der Waals surface area contributed by atoms with E-state index in [4.69, 9.17) is 32.7 Å². The maximum Gasteiger partial charge on any atom is 0.341 e. The van der Waals surface area contributed by atoms with Crippen molar-refractivity contribution in [1.82, 2.24) is 20.7 Å². The van der Waals surface area contributed by atoms with Crippen LogP contribution in [0.5, 0.6) is 5.75 Å². The summed E-state index contributed by atoms with van der Waals surface area (Å²) in [7, 11) is 1.47. The number of amides is 4. The number of Topliss-reactive ketones (excluding diaryl/α,β-unsaturated/α-hetero) is 1. The molecule has 4 amide bonds. The molecule has 2 heterocycles. The van der Waals surface area contributed by atoms with Crippen LogP contribution in [0.1, 0.15) is 64.4 Å². The van der Waals surface area contributed by atoms with Gasteiger partial charge in [-0.15, -0.1) is 0 Å². The van der Waals surface area contributed by atoms with E-state index in [0.29, 0.717) is 17.7 Å². The summed E-state index contributed by atoms with van der Waals surface area (Å²) in [6.07, 6.45) is 0.474. The minimum Gasteiger partial charge on any atom is -0.497 e. The fourth-order valence-electron chi connectivity index (χ4n) is 5.82. The van der Waals surface area contributed by atoms with Gasteiger partial charge in [0.15, 0.2) is 5.78 Å². The summed E-state index contributed by atoms with van der Waals surface area (Å²) >= 11 is 12.2. The zero-order valence-corrected chi connectivity index (χ0v) is 28.0. The van der Waals surface area contributed by atoms with Gasteiger partial charge in [-0.05, 0) is 55.2 Å². The van der Waals surface area contributed by atoms with Crippen LogP contribution >= 0.6 is 23.2 Å². The number of carbonyl (C=O) groups excluding carboxylic acids is 6. The Balaban J connectivity index is 1.31. The van der Waals surface area contributed by atoms with Crippen LogP contribution in [0.4, 0.5) is 0 Å². The number of hydrogen-bond acceptors (Lipinski definition) is 8. The first kappa shape index (κ1) is 35.4. The van der Waals surface area contributed by atoms with E-state index in [1.807, 2.05) is 0 Å². The first-order valence-corrected chi connectivity index (χ1v) is 16.4. The lowest BCUT2D eigenvalue weighted by Crippen LogP contribution is -2.63. The summed E-state index contributed by atoms with van der Waals surface area (Å²) in [6, 6.07) is 16.6. The van der Waals surface area contributed by atoms with E-state index in [0.717, 1.165) is 5.01 Å². The molecule has 0 spiro atoms. The summed E-state index contributed by atoms with van der Waals surface area (Å²) in [5, 5.41) is 8.17. The summed E-state index contributed by atoms with van der Waals surface area (Å²) < 4.78 is 10.4. The number of benzene rings is 3. The van der Waals surface area contributed by atoms with Crippen LogP contribution in [-0.2, 0) is 23.9 Å². The normalized spacial score (nSPS) is 18.1. The third-order valence-corrected chi connectivity index (χ3v) is 8.91. The van der Waals surface area contributed by atoms with Gasteiger partial charge in [-0.1, -0.05) is 65.7 Å². The number of carbonyl (C=O) groups is 6. The highest BCUT2D eigenvalue weighted by Gasteiger charge is 2.45. The van der Waals surface area contributed by atoms with Crippen molar-refractivity contribution in [2.45, 2.75) is 50.2 Å². The van der Waals surface area contributed by atoms with Crippen molar-refractivity contribution < 1.29 is 38.2 Å². The number of ether oxygens (including phenoxy) is 2. The molecule has 5 rings (SSSR count). The van der Waals surface area contributed by atoms with Crippen LogP contribution in [-0.4, -0.2) is 77.7 Å². The smallest absolute Gasteiger partial charge is 0.341 e. The van der Waals surface area contributed by atoms with Crippen LogP contribution in [0, 0.1) is 0 Å². The van der Waals surface area contributed by atoms with Gasteiger partial charge in [0.1, 0.15) is 24.4 Å². The molecular weight excluding hydrogens is 675 g/mol. The fourth-order valence-corrected chi connectivity index (χ4v) is 6.37. The number of hydrogen-bond donors (Lipinski definition) is 2. The molecule has 3 aromatic carbocycles. The van der Waals surface area contributed by atoms with Crippen molar-refractivity contribution in [1.29, 1.82) is 0 Å². The number of nitrogens with zero attached hydrogens (tertiary/aromatic N) is 2. The predicted octanol–water partition coefficient (Wildman–Crippen LogP) is 4.30. The highest BCUT2D eigenvalue weighted by Crippen LogP contribution is 2.28. The third-order valence-electron chi connectivity index (χ3n) is 8.28. The molecule has 2 aliphatic heterocycles. The molecule has 0 aliphatic carbocycles. The molecule has 256 valence electrons. The summed E-state index contributed by atoms with van der Waals surface area (Å²) in [4.78, 5) is 80.0. The zero-order valence-electron chi connectivity index (χ0n) is 26.5. The summed E-state index contributed by atoms with van der Waals surface area (Å²) in [5.74, 6) is -2.98. The zero-order chi connectivity index (χ0) is 35.1. The Bertz CT molecular complexity index is 1730. The van der Waals surface area contributed by atoms with Crippen molar-refractivity contribution in [3.63, 3.8) is 0 Å². The van der Waals surface area contributed by atoms with E-state index in [1.165, 1.54) is 30.3 Å². The second-order valence-electron chi connectivity index (χ2n) is 11.5. The van der Waals surface area contributed by atoms with Gasteiger partial charge in [-0.25, -0.2) is 9.80 Å². The molecule has 0 radical (unpaired) electrons. The van der Waals surface area contributed by atoms with E-state index < -0.39 is 54.2 Å². The molecule has 3 aromatic rings. The summed E-state index contributed by atoms with van der Waals surface area (Å²) in [5.41, 5.74) is 0.797. The first-order valence-electron chi connectivity index (χ1n) is 15.6. The molecule has 0 bridgehead atoms. The molecule has 49 heavy (non-hydrogen) atoms. The van der Waals surface area contributed by atoms with E-state index in [9.17, 15) is 28.8 Å². The number of ketones is 1. The Labute approximate surface area is 292 Å². The Morgan fingerprint density at radius 1 is 0.939 bits per heavy atom. The molecule has 0 aromatic heterocycles. The number of rotatable bonds is 11. The largest absolute Gasteiger partial charge is 0.497 e. The molecule has 12 nitrogen and oxygen atoms in total. The minimum absolute atomic E-state index is 0.0150. The number of fused-ring (bicyclic) bond motifs is 1. The van der Waals surface area contributed by atoms with Crippen LogP contribution in [0.25, 0.3) is 0 Å². The van der Waals surface area contributed by atoms with Gasteiger partial charge in [-0.3, -0.25) is 29.0 Å². The number of hydrazine groups is 1. The van der Waals surface area contributed by atoms with Crippen molar-refractivity contribution in [2.24, 2.45) is 0 Å². The summed E-state index contributed by atoms with van der Waals surface area (Å²) in [6.45, 7) is -0.378. The molecule has 2 aliphatic rings. The Morgan fingerprint density at radius 3 is 2.37 bits per heavy atom. The lowest BCUT2D eigenvalue weighted by Gasteiger charge is -2.43. The van der Waals surface area contributed by atoms with E-state index in [-0.39, 0.29) is 59.3 Å². The number of nitrogens with one attached hydrogen (secondary N) is 2. The van der Waals surface area contributed by atoms with Gasteiger partial charge in [0, 0.05) is 24.9 Å². The maximum atomic E-state index is 14.0. The van der Waals surface area contributed by atoms with Crippen molar-refractivity contribution in [2.75, 3.05) is 20.3 Å². The second-order valence-corrected chi connectivity index (χ2v) is 12.4. The standard InChI is InChI=1S/C35H34Cl2N4O8/c1-48-24-11-5-10-22(18-24)32(44)38-27-15-16-30(43)40-17-7-14-29(41(40)34(27)46)33(45)39-28(21-8-3-2-4-9-21)19-23(42)20-49-35(47)31-25(36)12-6-13-26(31)37/h2-6,8-13,18,27-29H,7,14-17,19-20H2,1H3,(H,38,44)(H,39,45)/t27?,28?,29-/m0/s1. The maximum absolute atomic E-state index is 14.0. The molecule has 3 atom stereocenters. The van der Waals surface area contributed by atoms with E-state index >= 15 is 0 Å². The minimum atomic E-state index is -1.10. The number of halogens is 2. The van der Waals surface area contributed by atoms with Crippen LogP contribution in [0.3, 0.4) is 0 Å². The van der Waals surface area contributed by atoms with Gasteiger partial charge in [0.05, 0.1) is 28.8 Å². The van der Waals surface area contributed by atoms with Gasteiger partial charge >= 0.3 is 5.97 Å². The predicted molar refractivity (Wildman–Crippen MR) is 179 cm³/mol. The van der Waals surface area contributed by atoms with Crippen LogP contribution < -0.4 is 15.4 Å². The molecule has 2 N–H and O–H groups in total. The highest BCUT2D eigenvalue weighted by atomic mass is 35.5. The van der Waals surface area contributed by atoms with Gasteiger partial charge < -0.3 is 20.1 Å². The lowest BCUT2D eigenvalue weighted by atomic mass is 9.99. The average molecular weight is 710 g/mol. The molecule has 2 saturated heterocycles. The molecular formula is C35H34Cl2N4O8. The Morgan fingerprint density at radius 2 is 1.65 bits per heavy atom. The highest BCUT2D eigenvalue weighted by molar-refractivity contribution is 6.39. The topological polar surface area (TPSA) is 151 Å². The SMILES string of the molecule is COc1cccc(C(=O)NC2CCC(=O)N3CCC[C@@H](C(=O)NC(CC(=O)COC(=O)c4c(Cl)cccc4Cl)c4ccccc4)N3C2=O)c1. The van der Waals surface area contributed by atoms with Crippen LogP contribution in [0.15, 0.2) is 72.8 Å². The molecule has 14 heteroatoms. The van der Waals surface area contributed by atoms with E-state index in [2.05, 4.69) is 10.6 Å². The van der Waals surface area contributed by atoms with Crippen molar-refractivity contribution in [3.05, 3.63) is 99.5 Å². The Hall–Kier alpha value is -4.94. The van der Waals surface area contributed by atoms with Gasteiger partial charge in [0.25, 0.3) is 11.8 Å². The second kappa shape index (κ2) is 16.0. The first-order chi connectivity index (χ1) is 23.6. The van der Waals surface area contributed by atoms with Gasteiger partial charge in [-0.2, -0.15) is 0 Å². The number of esters is 1.